The number of hydrogen-bond donors (Lipinski definition) is 1. The molecule has 0 aliphatic carbocycles. The quantitative estimate of drug-likeness (QED) is 0.486. The molecule has 3 heteroatoms. The average Bonchev–Trinajstić information content (AvgIpc) is 1.69. The molecule has 42 valence electrons. The molecule has 1 aliphatic rings. The van der Waals surface area contributed by atoms with Crippen LogP contribution in [0.15, 0.2) is 0 Å². The van der Waals surface area contributed by atoms with Gasteiger partial charge in [-0.25, -0.2) is 0 Å². The summed E-state index contributed by atoms with van der Waals surface area (Å²) in [5.41, 5.74) is 0. The Morgan fingerprint density at radius 3 is 2.86 bits per heavy atom. The Bertz CT molecular complexity index is 53.7. The van der Waals surface area contributed by atoms with Crippen LogP contribution in [-0.2, 0) is 0 Å². The molecule has 1 nitrogen and oxygen atoms in total. The van der Waals surface area contributed by atoms with E-state index in [0.717, 1.165) is 0 Å². The second-order valence-corrected chi connectivity index (χ2v) is 3.59. The first-order chi connectivity index (χ1) is 3.39. The Hall–Kier alpha value is 0.740. The van der Waals surface area contributed by atoms with Crippen molar-refractivity contribution in [2.75, 3.05) is 18.1 Å². The van der Waals surface area contributed by atoms with Gasteiger partial charge in [0, 0.05) is 23.8 Å². The van der Waals surface area contributed by atoms with Gasteiger partial charge in [-0.05, 0) is 0 Å². The molecule has 1 rings (SSSR count). The lowest BCUT2D eigenvalue weighted by atomic mass is 10.6. The molecule has 2 atom stereocenters. The average molecular weight is 135 g/mol. The molecule has 1 saturated heterocycles. The fourth-order valence-corrected chi connectivity index (χ4v) is 1.96. The van der Waals surface area contributed by atoms with Crippen LogP contribution in [-0.4, -0.2) is 23.8 Å². The highest BCUT2D eigenvalue weighted by Crippen LogP contribution is 2.10. The molecule has 0 aromatic carbocycles. The van der Waals surface area contributed by atoms with E-state index in [2.05, 4.69) is 14.6 Å². The maximum absolute atomic E-state index is 3.32. The fourth-order valence-electron chi connectivity index (χ4n) is 0.586. The van der Waals surface area contributed by atoms with E-state index < -0.39 is 0 Å². The molecule has 0 saturated carbocycles. The smallest absolute Gasteiger partial charge is 0.0302 e. The van der Waals surface area contributed by atoms with Gasteiger partial charge in [-0.1, -0.05) is 0 Å². The Balaban J connectivity index is 2.12. The van der Waals surface area contributed by atoms with E-state index in [1.54, 1.807) is 0 Å². The monoisotopic (exact) mass is 135 g/mol. The van der Waals surface area contributed by atoms with Crippen molar-refractivity contribution in [1.29, 1.82) is 0 Å². The van der Waals surface area contributed by atoms with Gasteiger partial charge in [0.25, 0.3) is 0 Å². The van der Waals surface area contributed by atoms with Crippen LogP contribution in [0.25, 0.3) is 0 Å². The van der Waals surface area contributed by atoms with Gasteiger partial charge in [0.15, 0.2) is 0 Å². The van der Waals surface area contributed by atoms with Gasteiger partial charge in [0.1, 0.15) is 0 Å². The number of hydrogen-bond acceptors (Lipinski definition) is 2. The molecule has 0 bridgehead atoms. The lowest BCUT2D eigenvalue weighted by molar-refractivity contribution is 0.714. The van der Waals surface area contributed by atoms with Crippen LogP contribution in [0, 0.1) is 0 Å². The highest BCUT2D eigenvalue weighted by Gasteiger charge is 2.04. The summed E-state index contributed by atoms with van der Waals surface area (Å²) in [7, 11) is 2.77. The standard InChI is InChI=1S/C4H10NPS/c6-4-3-7-2-1-5-4/h4-5H,1-3,6H2. The van der Waals surface area contributed by atoms with Gasteiger partial charge in [0.2, 0.25) is 0 Å². The largest absolute Gasteiger partial charge is 0.309 e. The van der Waals surface area contributed by atoms with Crippen molar-refractivity contribution in [3.63, 3.8) is 0 Å². The molecule has 1 heterocycles. The zero-order valence-electron chi connectivity index (χ0n) is 4.18. The van der Waals surface area contributed by atoms with E-state index in [0.29, 0.717) is 5.78 Å². The van der Waals surface area contributed by atoms with Gasteiger partial charge < -0.3 is 5.32 Å². The van der Waals surface area contributed by atoms with E-state index in [4.69, 9.17) is 0 Å². The molecule has 0 amide bonds. The van der Waals surface area contributed by atoms with E-state index in [-0.39, 0.29) is 0 Å². The maximum Gasteiger partial charge on any atom is 0.0302 e. The summed E-state index contributed by atoms with van der Waals surface area (Å²) in [6.45, 7) is 1.18. The summed E-state index contributed by atoms with van der Waals surface area (Å²) >= 11 is 2.02. The van der Waals surface area contributed by atoms with Crippen LogP contribution in [0.5, 0.6) is 0 Å². The van der Waals surface area contributed by atoms with Gasteiger partial charge in [-0.2, -0.15) is 11.8 Å². The first kappa shape index (κ1) is 5.87. The van der Waals surface area contributed by atoms with Crippen LogP contribution in [0.4, 0.5) is 0 Å². The van der Waals surface area contributed by atoms with Crippen molar-refractivity contribution in [3.8, 4) is 0 Å². The van der Waals surface area contributed by atoms with Crippen LogP contribution < -0.4 is 5.32 Å². The minimum absolute atomic E-state index is 0.666. The third-order valence-electron chi connectivity index (χ3n) is 0.950. The molecule has 0 aromatic rings. The Morgan fingerprint density at radius 1 is 1.71 bits per heavy atom. The maximum atomic E-state index is 3.32. The molecular formula is C4H10NPS. The van der Waals surface area contributed by atoms with Gasteiger partial charge >= 0.3 is 0 Å². The summed E-state index contributed by atoms with van der Waals surface area (Å²) < 4.78 is 0. The molecular weight excluding hydrogens is 125 g/mol. The summed E-state index contributed by atoms with van der Waals surface area (Å²) in [5, 5.41) is 3.32. The predicted octanol–water partition coefficient (Wildman–Crippen LogP) is 0.524. The summed E-state index contributed by atoms with van der Waals surface area (Å²) in [6, 6.07) is 0. The second-order valence-electron chi connectivity index (χ2n) is 1.64. The molecule has 0 spiro atoms. The molecule has 2 unspecified atom stereocenters. The highest BCUT2D eigenvalue weighted by atomic mass is 32.2. The normalized spacial score (nSPS) is 33.0. The molecule has 7 heavy (non-hydrogen) atoms. The van der Waals surface area contributed by atoms with Crippen LogP contribution in [0.3, 0.4) is 0 Å². The van der Waals surface area contributed by atoms with Crippen molar-refractivity contribution in [2.24, 2.45) is 0 Å². The van der Waals surface area contributed by atoms with Gasteiger partial charge in [0.05, 0.1) is 0 Å². The SMILES string of the molecule is PC1CSCCN1. The van der Waals surface area contributed by atoms with Crippen LogP contribution >= 0.6 is 21.0 Å². The highest BCUT2D eigenvalue weighted by molar-refractivity contribution is 7.99. The molecule has 1 fully saturated rings. The molecule has 1 N–H and O–H groups in total. The molecule has 1 aliphatic heterocycles. The topological polar surface area (TPSA) is 12.0 Å². The van der Waals surface area contributed by atoms with Crippen LogP contribution in [0.2, 0.25) is 0 Å². The second kappa shape index (κ2) is 2.91. The third-order valence-corrected chi connectivity index (χ3v) is 2.85. The minimum atomic E-state index is 0.666. The van der Waals surface area contributed by atoms with Crippen molar-refractivity contribution in [3.05, 3.63) is 0 Å². The van der Waals surface area contributed by atoms with Crippen molar-refractivity contribution >= 4 is 21.0 Å². The molecule has 0 radical (unpaired) electrons. The lowest BCUT2D eigenvalue weighted by Crippen LogP contribution is -2.32. The van der Waals surface area contributed by atoms with Crippen molar-refractivity contribution in [1.82, 2.24) is 5.32 Å². The number of thioether (sulfide) groups is 1. The van der Waals surface area contributed by atoms with Crippen molar-refractivity contribution in [2.45, 2.75) is 5.78 Å². The Morgan fingerprint density at radius 2 is 2.57 bits per heavy atom. The van der Waals surface area contributed by atoms with Gasteiger partial charge in [-0.3, -0.25) is 0 Å². The predicted molar refractivity (Wildman–Crippen MR) is 38.8 cm³/mol. The minimum Gasteiger partial charge on any atom is -0.309 e. The number of rotatable bonds is 0. The Kier molecular flexibility index (Phi) is 2.44. The van der Waals surface area contributed by atoms with Crippen LogP contribution in [0.1, 0.15) is 0 Å². The third kappa shape index (κ3) is 1.98. The summed E-state index contributed by atoms with van der Waals surface area (Å²) in [6.07, 6.45) is 0. The Labute approximate surface area is 50.8 Å². The van der Waals surface area contributed by atoms with Crippen molar-refractivity contribution < 1.29 is 0 Å². The first-order valence-electron chi connectivity index (χ1n) is 2.46. The summed E-state index contributed by atoms with van der Waals surface area (Å²) in [4.78, 5) is 0. The molecule has 0 aromatic heterocycles. The number of nitrogens with one attached hydrogen (secondary N) is 1. The zero-order chi connectivity index (χ0) is 5.11. The first-order valence-corrected chi connectivity index (χ1v) is 4.28. The van der Waals surface area contributed by atoms with E-state index in [1.807, 2.05) is 11.8 Å². The van der Waals surface area contributed by atoms with E-state index >= 15 is 0 Å². The summed E-state index contributed by atoms with van der Waals surface area (Å²) in [5.74, 6) is 3.20. The van der Waals surface area contributed by atoms with E-state index in [1.165, 1.54) is 18.1 Å². The zero-order valence-corrected chi connectivity index (χ0v) is 6.16. The lowest BCUT2D eigenvalue weighted by Gasteiger charge is -2.17. The van der Waals surface area contributed by atoms with E-state index in [9.17, 15) is 0 Å². The van der Waals surface area contributed by atoms with Gasteiger partial charge in [-0.15, -0.1) is 9.24 Å². The fraction of sp³-hybridized carbons (Fsp3) is 1.00.